The van der Waals surface area contributed by atoms with Gasteiger partial charge in [-0.1, -0.05) is 12.1 Å². The number of tetrazole rings is 1. The highest BCUT2D eigenvalue weighted by Gasteiger charge is 2.21. The number of hydrogen-bond acceptors (Lipinski definition) is 7. The fourth-order valence-corrected chi connectivity index (χ4v) is 4.12. The van der Waals surface area contributed by atoms with Crippen molar-refractivity contribution in [1.29, 1.82) is 0 Å². The van der Waals surface area contributed by atoms with Crippen molar-refractivity contribution in [2.75, 3.05) is 38.0 Å². The molecule has 3 heterocycles. The van der Waals surface area contributed by atoms with Gasteiger partial charge in [-0.25, -0.2) is 4.79 Å². The van der Waals surface area contributed by atoms with E-state index in [1.165, 1.54) is 20.7 Å². The van der Waals surface area contributed by atoms with Gasteiger partial charge in [0.15, 0.2) is 0 Å². The van der Waals surface area contributed by atoms with Gasteiger partial charge in [0.05, 0.1) is 6.54 Å². The molecule has 0 radical (unpaired) electrons. The number of rotatable bonds is 6. The van der Waals surface area contributed by atoms with Crippen LogP contribution in [0.2, 0.25) is 0 Å². The third-order valence-electron chi connectivity index (χ3n) is 5.40. The summed E-state index contributed by atoms with van der Waals surface area (Å²) in [6.45, 7) is 7.84. The highest BCUT2D eigenvalue weighted by Crippen LogP contribution is 2.18. The average molecular weight is 428 g/mol. The van der Waals surface area contributed by atoms with Crippen molar-refractivity contribution in [2.24, 2.45) is 0 Å². The summed E-state index contributed by atoms with van der Waals surface area (Å²) in [5.41, 5.74) is 2.88. The Balaban J connectivity index is 1.28. The fourth-order valence-electron chi connectivity index (χ4n) is 3.45. The summed E-state index contributed by atoms with van der Waals surface area (Å²) in [6.07, 6.45) is 0. The molecule has 1 aliphatic rings. The summed E-state index contributed by atoms with van der Waals surface area (Å²) in [5.74, 6) is -0.00717. The van der Waals surface area contributed by atoms with Gasteiger partial charge in [0.25, 0.3) is 0 Å². The van der Waals surface area contributed by atoms with E-state index in [0.29, 0.717) is 13.2 Å². The van der Waals surface area contributed by atoms with Crippen molar-refractivity contribution in [3.05, 3.63) is 57.3 Å². The van der Waals surface area contributed by atoms with E-state index >= 15 is 0 Å². The smallest absolute Gasteiger partial charge is 0.325 e. The first-order valence-electron chi connectivity index (χ1n) is 9.89. The Kier molecular flexibility index (Phi) is 6.07. The van der Waals surface area contributed by atoms with Crippen molar-refractivity contribution in [2.45, 2.75) is 20.5 Å². The number of nitrogens with one attached hydrogen (secondary N) is 1. The van der Waals surface area contributed by atoms with Crippen molar-refractivity contribution < 1.29 is 4.79 Å². The maximum atomic E-state index is 12.5. The van der Waals surface area contributed by atoms with Gasteiger partial charge < -0.3 is 5.32 Å². The van der Waals surface area contributed by atoms with E-state index in [-0.39, 0.29) is 11.6 Å². The Bertz CT molecular complexity index is 1070. The number of aryl methyl sites for hydroxylation is 1. The summed E-state index contributed by atoms with van der Waals surface area (Å²) in [6, 6.07) is 9.63. The van der Waals surface area contributed by atoms with Crippen LogP contribution in [0.1, 0.15) is 11.1 Å². The van der Waals surface area contributed by atoms with E-state index < -0.39 is 0 Å². The summed E-state index contributed by atoms with van der Waals surface area (Å²) in [4.78, 5) is 29.2. The molecule has 0 saturated carbocycles. The van der Waals surface area contributed by atoms with Crippen molar-refractivity contribution in [1.82, 2.24) is 29.6 Å². The second kappa shape index (κ2) is 8.90. The van der Waals surface area contributed by atoms with Crippen LogP contribution in [-0.4, -0.2) is 68.2 Å². The van der Waals surface area contributed by atoms with E-state index in [0.717, 1.165) is 48.0 Å². The number of carbonyl (C=O) groups is 1. The van der Waals surface area contributed by atoms with Gasteiger partial charge in [-0.3, -0.25) is 14.6 Å². The largest absolute Gasteiger partial charge is 0.370 e. The molecule has 158 valence electrons. The second-order valence-corrected chi connectivity index (χ2v) is 8.38. The number of hydrogen-bond donors (Lipinski definition) is 1. The molecule has 0 spiro atoms. The first-order valence-corrected chi connectivity index (χ1v) is 10.8. The van der Waals surface area contributed by atoms with E-state index in [2.05, 4.69) is 25.5 Å². The molecule has 0 atom stereocenters. The highest BCUT2D eigenvalue weighted by molar-refractivity contribution is 7.12. The van der Waals surface area contributed by atoms with Crippen molar-refractivity contribution in [3.8, 4) is 5.00 Å². The van der Waals surface area contributed by atoms with Crippen LogP contribution in [0.3, 0.4) is 0 Å². The number of carbonyl (C=O) groups excluding carboxylic acids is 1. The molecule has 2 aromatic heterocycles. The highest BCUT2D eigenvalue weighted by atomic mass is 32.1. The summed E-state index contributed by atoms with van der Waals surface area (Å²) in [5, 5.41) is 13.6. The van der Waals surface area contributed by atoms with Crippen LogP contribution in [0.25, 0.3) is 5.00 Å². The minimum atomic E-state index is -0.243. The number of amides is 1. The number of aromatic nitrogens is 4. The van der Waals surface area contributed by atoms with Gasteiger partial charge in [-0.05, 0) is 59.0 Å². The lowest BCUT2D eigenvalue weighted by molar-refractivity contribution is -0.117. The quantitative estimate of drug-likeness (QED) is 0.638. The van der Waals surface area contributed by atoms with Crippen LogP contribution in [0.15, 0.2) is 40.5 Å². The van der Waals surface area contributed by atoms with Crippen LogP contribution in [0.4, 0.5) is 5.69 Å². The summed E-state index contributed by atoms with van der Waals surface area (Å²) in [7, 11) is 0. The molecular weight excluding hydrogens is 402 g/mol. The summed E-state index contributed by atoms with van der Waals surface area (Å²) >= 11 is 1.45. The minimum absolute atomic E-state index is 0.00717. The van der Waals surface area contributed by atoms with Gasteiger partial charge in [0.1, 0.15) is 11.7 Å². The Morgan fingerprint density at radius 3 is 2.57 bits per heavy atom. The predicted octanol–water partition coefficient (Wildman–Crippen LogP) is 1.32. The zero-order valence-electron chi connectivity index (χ0n) is 17.1. The van der Waals surface area contributed by atoms with Gasteiger partial charge in [0.2, 0.25) is 5.91 Å². The van der Waals surface area contributed by atoms with Gasteiger partial charge in [-0.2, -0.15) is 9.36 Å². The Hall–Kier alpha value is -2.82. The maximum absolute atomic E-state index is 12.5. The fraction of sp³-hybridized carbons (Fsp3) is 0.400. The number of nitrogens with zero attached hydrogens (tertiary/aromatic N) is 6. The van der Waals surface area contributed by atoms with Gasteiger partial charge in [0, 0.05) is 31.9 Å². The normalized spacial score (nSPS) is 15.4. The molecule has 0 unspecified atom stereocenters. The van der Waals surface area contributed by atoms with Gasteiger partial charge >= 0.3 is 5.69 Å². The predicted molar refractivity (Wildman–Crippen MR) is 116 cm³/mol. The van der Waals surface area contributed by atoms with Gasteiger partial charge in [-0.15, -0.1) is 11.3 Å². The van der Waals surface area contributed by atoms with E-state index in [1.54, 1.807) is 0 Å². The number of anilines is 1. The van der Waals surface area contributed by atoms with Crippen LogP contribution in [0, 0.1) is 13.8 Å². The standard InChI is InChI=1S/C20H25N7O2S/c1-15-5-3-6-17(16(15)2)21-18(28)13-24-8-10-25(11-9-24)14-26-20(29)27(23-22-26)19-7-4-12-30-19/h3-7,12H,8-11,13-14H2,1-2H3,(H,21,28). The Morgan fingerprint density at radius 1 is 1.07 bits per heavy atom. The molecular formula is C20H25N7O2S. The monoisotopic (exact) mass is 427 g/mol. The molecule has 30 heavy (non-hydrogen) atoms. The third kappa shape index (κ3) is 4.50. The molecule has 1 amide bonds. The molecule has 0 aliphatic carbocycles. The van der Waals surface area contributed by atoms with Crippen molar-refractivity contribution in [3.63, 3.8) is 0 Å². The molecule has 10 heteroatoms. The van der Waals surface area contributed by atoms with Crippen LogP contribution in [-0.2, 0) is 11.5 Å². The van der Waals surface area contributed by atoms with E-state index in [4.69, 9.17) is 0 Å². The maximum Gasteiger partial charge on any atom is 0.370 e. The molecule has 1 aromatic carbocycles. The minimum Gasteiger partial charge on any atom is -0.325 e. The molecule has 9 nitrogen and oxygen atoms in total. The number of piperazine rings is 1. The molecule has 3 aromatic rings. The van der Waals surface area contributed by atoms with Crippen molar-refractivity contribution >= 4 is 22.9 Å². The van der Waals surface area contributed by atoms with E-state index in [9.17, 15) is 9.59 Å². The molecule has 4 rings (SSSR count). The van der Waals surface area contributed by atoms with Crippen LogP contribution in [0.5, 0.6) is 0 Å². The average Bonchev–Trinajstić information content (AvgIpc) is 3.37. The molecule has 1 fully saturated rings. The lowest BCUT2D eigenvalue weighted by Gasteiger charge is -2.33. The SMILES string of the molecule is Cc1cccc(NC(=O)CN2CCN(Cn3nnn(-c4cccs4)c3=O)CC2)c1C. The van der Waals surface area contributed by atoms with Crippen LogP contribution >= 0.6 is 11.3 Å². The molecule has 1 N–H and O–H groups in total. The molecule has 1 aliphatic heterocycles. The first kappa shape index (κ1) is 20.5. The molecule has 0 bridgehead atoms. The number of thiophene rings is 1. The van der Waals surface area contributed by atoms with E-state index in [1.807, 2.05) is 49.6 Å². The second-order valence-electron chi connectivity index (χ2n) is 7.46. The Labute approximate surface area is 178 Å². The Morgan fingerprint density at radius 2 is 1.83 bits per heavy atom. The molecule has 1 saturated heterocycles. The zero-order chi connectivity index (χ0) is 21.1. The summed E-state index contributed by atoms with van der Waals surface area (Å²) < 4.78 is 2.70. The zero-order valence-corrected chi connectivity index (χ0v) is 17.9. The topological polar surface area (TPSA) is 88.3 Å². The number of benzene rings is 1. The lowest BCUT2D eigenvalue weighted by atomic mass is 10.1. The third-order valence-corrected chi connectivity index (χ3v) is 6.24. The first-order chi connectivity index (χ1) is 14.5. The lowest BCUT2D eigenvalue weighted by Crippen LogP contribution is -2.49. The van der Waals surface area contributed by atoms with Crippen LogP contribution < -0.4 is 11.0 Å².